The van der Waals surface area contributed by atoms with Gasteiger partial charge in [0, 0.05) is 78.7 Å². The van der Waals surface area contributed by atoms with Crippen molar-refractivity contribution in [1.82, 2.24) is 15.5 Å². The van der Waals surface area contributed by atoms with Gasteiger partial charge in [0.1, 0.15) is 6.04 Å². The molecule has 1 aliphatic heterocycles. The molecule has 0 spiro atoms. The van der Waals surface area contributed by atoms with Crippen LogP contribution in [0.4, 0.5) is 0 Å². The van der Waals surface area contributed by atoms with Crippen molar-refractivity contribution in [3.8, 4) is 25.7 Å². The van der Waals surface area contributed by atoms with Crippen LogP contribution < -0.4 is 10.6 Å². The topological polar surface area (TPSA) is 123 Å². The summed E-state index contributed by atoms with van der Waals surface area (Å²) in [6.07, 6.45) is 26.4. The van der Waals surface area contributed by atoms with Crippen LogP contribution in [0.1, 0.15) is 126 Å². The summed E-state index contributed by atoms with van der Waals surface area (Å²) in [6, 6.07) is -0.978. The summed E-state index contributed by atoms with van der Waals surface area (Å²) in [5, 5.41) is 5.96. The largest absolute Gasteiger partial charge is 0.464 e. The fraction of sp³-hybridized carbons (Fsp3) is 0.769. The minimum absolute atomic E-state index is 0. The van der Waals surface area contributed by atoms with Crippen molar-refractivity contribution in [1.29, 1.82) is 0 Å². The van der Waals surface area contributed by atoms with Crippen LogP contribution in [0.25, 0.3) is 0 Å². The third kappa shape index (κ3) is 23.7. The second-order valence-electron chi connectivity index (χ2n) is 13.6. The number of esters is 1. The maximum atomic E-state index is 13.1. The summed E-state index contributed by atoms with van der Waals surface area (Å²) < 4.78 is 16.7. The minimum Gasteiger partial charge on any atom is -0.464 e. The van der Waals surface area contributed by atoms with Crippen molar-refractivity contribution in [3.63, 3.8) is 0 Å². The molecule has 0 saturated carbocycles. The van der Waals surface area contributed by atoms with Gasteiger partial charge in [0.15, 0.2) is 0 Å². The van der Waals surface area contributed by atoms with Crippen molar-refractivity contribution in [3.05, 3.63) is 7.43 Å². The zero-order chi connectivity index (χ0) is 37.0. The number of amides is 3. The average Bonchev–Trinajstić information content (AvgIpc) is 3.48. The molecule has 0 aromatic heterocycles. The maximum absolute atomic E-state index is 13.1. The molecule has 1 radical (unpaired) electrons. The third-order valence-corrected chi connectivity index (χ3v) is 8.82. The third-order valence-electron chi connectivity index (χ3n) is 8.82. The van der Waals surface area contributed by atoms with Crippen LogP contribution in [-0.4, -0.2) is 86.8 Å². The van der Waals surface area contributed by atoms with Crippen LogP contribution in [-0.2, 0) is 33.4 Å². The van der Waals surface area contributed by atoms with Crippen molar-refractivity contribution in [2.75, 3.05) is 46.1 Å². The molecule has 10 nitrogen and oxygen atoms in total. The van der Waals surface area contributed by atoms with E-state index in [0.29, 0.717) is 45.8 Å². The van der Waals surface area contributed by atoms with E-state index in [1.165, 1.54) is 19.3 Å². The normalized spacial score (nSPS) is 15.1. The Kier molecular flexibility index (Phi) is 36.5. The van der Waals surface area contributed by atoms with E-state index in [1.807, 2.05) is 34.6 Å². The van der Waals surface area contributed by atoms with Gasteiger partial charge in [-0.2, -0.15) is 0 Å². The number of rotatable bonds is 23. The molecule has 287 valence electrons. The van der Waals surface area contributed by atoms with Crippen molar-refractivity contribution in [2.24, 2.45) is 10.8 Å². The van der Waals surface area contributed by atoms with Gasteiger partial charge in [-0.3, -0.25) is 14.4 Å². The van der Waals surface area contributed by atoms with Gasteiger partial charge in [-0.25, -0.2) is 4.79 Å². The molecular formula is C39H70N3O7Pr-. The smallest absolute Gasteiger partial charge is 0.328 e. The van der Waals surface area contributed by atoms with Gasteiger partial charge in [-0.1, -0.05) is 93.4 Å². The Bertz CT molecular complexity index is 941. The van der Waals surface area contributed by atoms with Crippen molar-refractivity contribution in [2.45, 2.75) is 138 Å². The SMILES string of the molecule is C#C.C#C.CCCCCCCCC(=O)NC1CC(C(=O)OCCCCC)N(C(=O)CCOCCOCCNC(=O)C(C)(C)C(C)(C)C)C1.[CH3-].[Pr]. The first-order chi connectivity index (χ1) is 22.8. The van der Waals surface area contributed by atoms with E-state index >= 15 is 0 Å². The van der Waals surface area contributed by atoms with Crippen LogP contribution in [0.3, 0.4) is 0 Å². The van der Waals surface area contributed by atoms with E-state index in [0.717, 1.165) is 38.5 Å². The molecule has 2 atom stereocenters. The summed E-state index contributed by atoms with van der Waals surface area (Å²) in [5.41, 5.74) is -0.655. The van der Waals surface area contributed by atoms with Gasteiger partial charge in [0.25, 0.3) is 0 Å². The zero-order valence-electron chi connectivity index (χ0n) is 32.8. The summed E-state index contributed by atoms with van der Waals surface area (Å²) in [7, 11) is 0. The molecule has 0 aromatic rings. The van der Waals surface area contributed by atoms with E-state index in [9.17, 15) is 19.2 Å². The standard InChI is InChI=1S/C34H63N3O7.2C2H2.CH3.Pr/c1-8-10-12-13-14-15-17-29(38)36-27-25-28(31(40)44-20-16-11-9-2)37(26-27)30(39)18-21-42-23-24-43-22-19-35-32(41)34(6,7)33(3,4)5;2*1-2;;/h27-28H,8-26H2,1-7H3,(H,35,41)(H,36,38);2*1-2H;1H3;/q;;;-1;. The molecule has 1 aliphatic rings. The summed E-state index contributed by atoms with van der Waals surface area (Å²) >= 11 is 0. The fourth-order valence-electron chi connectivity index (χ4n) is 4.85. The van der Waals surface area contributed by atoms with Gasteiger partial charge < -0.3 is 37.2 Å². The first kappa shape index (κ1) is 55.0. The van der Waals surface area contributed by atoms with Crippen molar-refractivity contribution >= 4 is 23.7 Å². The predicted molar refractivity (Wildman–Crippen MR) is 199 cm³/mol. The second-order valence-corrected chi connectivity index (χ2v) is 13.6. The van der Waals surface area contributed by atoms with E-state index < -0.39 is 17.4 Å². The second kappa shape index (κ2) is 33.1. The Balaban J connectivity index is -0.00000170. The van der Waals surface area contributed by atoms with Gasteiger partial charge in [-0.05, 0) is 18.3 Å². The molecule has 11 heteroatoms. The summed E-state index contributed by atoms with van der Waals surface area (Å²) in [5.74, 6) is -0.642. The fourth-order valence-corrected chi connectivity index (χ4v) is 4.85. The molecule has 0 aliphatic carbocycles. The van der Waals surface area contributed by atoms with E-state index in [2.05, 4.69) is 50.2 Å². The Morgan fingerprint density at radius 3 is 1.86 bits per heavy atom. The summed E-state index contributed by atoms with van der Waals surface area (Å²) in [6.45, 7) is 16.5. The number of hydrogen-bond donors (Lipinski definition) is 2. The molecular weight excluding hydrogens is 763 g/mol. The number of hydrogen-bond acceptors (Lipinski definition) is 7. The number of terminal acetylenes is 2. The van der Waals surface area contributed by atoms with Gasteiger partial charge >= 0.3 is 5.97 Å². The maximum Gasteiger partial charge on any atom is 0.328 e. The zero-order valence-corrected chi connectivity index (χ0v) is 36.5. The Labute approximate surface area is 339 Å². The molecule has 0 aromatic carbocycles. The molecule has 1 fully saturated rings. The molecule has 1 rings (SSSR count). The van der Waals surface area contributed by atoms with Crippen LogP contribution in [0.2, 0.25) is 0 Å². The van der Waals surface area contributed by atoms with E-state index in [1.54, 1.807) is 4.90 Å². The number of likely N-dealkylation sites (tertiary alicyclic amines) is 1. The Hall–Kier alpha value is -1.72. The number of carbonyl (C=O) groups excluding carboxylic acids is 4. The Morgan fingerprint density at radius 1 is 0.740 bits per heavy atom. The number of unbranched alkanes of at least 4 members (excludes halogenated alkanes) is 7. The van der Waals surface area contributed by atoms with Crippen molar-refractivity contribution < 1.29 is 74.7 Å². The quantitative estimate of drug-likeness (QED) is 0.0551. The first-order valence-electron chi connectivity index (χ1n) is 17.7. The molecule has 1 heterocycles. The predicted octanol–water partition coefficient (Wildman–Crippen LogP) is 6.12. The van der Waals surface area contributed by atoms with Crippen LogP contribution in [0, 0.1) is 85.2 Å². The van der Waals surface area contributed by atoms with E-state index in [4.69, 9.17) is 14.2 Å². The monoisotopic (exact) mass is 833 g/mol. The van der Waals surface area contributed by atoms with Gasteiger partial charge in [-0.15, -0.1) is 25.7 Å². The van der Waals surface area contributed by atoms with Crippen LogP contribution in [0.15, 0.2) is 0 Å². The molecule has 2 N–H and O–H groups in total. The van der Waals surface area contributed by atoms with Gasteiger partial charge in [0.2, 0.25) is 17.7 Å². The molecule has 0 bridgehead atoms. The van der Waals surface area contributed by atoms with Gasteiger partial charge in [0.05, 0.1) is 39.5 Å². The first-order valence-corrected chi connectivity index (χ1v) is 17.7. The summed E-state index contributed by atoms with van der Waals surface area (Å²) in [4.78, 5) is 52.6. The minimum atomic E-state index is -0.703. The van der Waals surface area contributed by atoms with Crippen LogP contribution >= 0.6 is 0 Å². The average molecular weight is 834 g/mol. The van der Waals surface area contributed by atoms with E-state index in [-0.39, 0.29) is 97.5 Å². The number of carbonyl (C=O) groups is 4. The molecule has 2 unspecified atom stereocenters. The molecule has 1 saturated heterocycles. The van der Waals surface area contributed by atoms with Crippen LogP contribution in [0.5, 0.6) is 0 Å². The Morgan fingerprint density at radius 2 is 1.28 bits per heavy atom. The molecule has 50 heavy (non-hydrogen) atoms. The number of ether oxygens (including phenoxy) is 3. The number of nitrogens with one attached hydrogen (secondary N) is 2. The molecule has 3 amide bonds. The number of nitrogens with zero attached hydrogens (tertiary/aromatic N) is 1.